The summed E-state index contributed by atoms with van der Waals surface area (Å²) in [6.45, 7) is 9.06. The van der Waals surface area contributed by atoms with Crippen molar-refractivity contribution in [3.05, 3.63) is 59.2 Å². The first kappa shape index (κ1) is 18.6. The minimum atomic E-state index is -0.171. The molecule has 0 aliphatic heterocycles. The molecule has 0 saturated heterocycles. The first-order valence-corrected chi connectivity index (χ1v) is 8.49. The van der Waals surface area contributed by atoms with Gasteiger partial charge in [0.2, 0.25) is 5.91 Å². The zero-order valence-corrected chi connectivity index (χ0v) is 15.3. The van der Waals surface area contributed by atoms with E-state index in [1.54, 1.807) is 6.08 Å². The highest BCUT2D eigenvalue weighted by Gasteiger charge is 2.05. The second kappa shape index (κ2) is 8.92. The molecule has 2 rings (SSSR count). The molecule has 0 bridgehead atoms. The van der Waals surface area contributed by atoms with Gasteiger partial charge in [-0.3, -0.25) is 4.79 Å². The van der Waals surface area contributed by atoms with Crippen molar-refractivity contribution in [3.63, 3.8) is 0 Å². The molecule has 132 valence electrons. The highest BCUT2D eigenvalue weighted by molar-refractivity contribution is 6.02. The van der Waals surface area contributed by atoms with E-state index in [1.165, 1.54) is 11.6 Å². The maximum atomic E-state index is 12.1. The third-order valence-electron chi connectivity index (χ3n) is 3.77. The number of carbonyl (C=O) groups excluding carboxylic acids is 1. The van der Waals surface area contributed by atoms with Crippen LogP contribution >= 0.6 is 0 Å². The fourth-order valence-electron chi connectivity index (χ4n) is 2.35. The second-order valence-corrected chi connectivity index (χ2v) is 5.69. The van der Waals surface area contributed by atoms with Crippen LogP contribution in [0.25, 0.3) is 6.08 Å². The van der Waals surface area contributed by atoms with Crippen molar-refractivity contribution in [2.45, 2.75) is 27.7 Å². The molecular weight excluding hydrogens is 314 g/mol. The summed E-state index contributed by atoms with van der Waals surface area (Å²) < 4.78 is 11.1. The number of ether oxygens (including phenoxy) is 2. The Bertz CT molecular complexity index is 766. The van der Waals surface area contributed by atoms with Crippen molar-refractivity contribution in [3.8, 4) is 11.5 Å². The van der Waals surface area contributed by atoms with Gasteiger partial charge in [-0.15, -0.1) is 0 Å². The summed E-state index contributed by atoms with van der Waals surface area (Å²) >= 11 is 0. The third-order valence-corrected chi connectivity index (χ3v) is 3.77. The van der Waals surface area contributed by atoms with E-state index in [0.29, 0.717) is 24.7 Å². The molecule has 0 radical (unpaired) electrons. The molecule has 0 atom stereocenters. The highest BCUT2D eigenvalue weighted by Crippen LogP contribution is 2.29. The number of carbonyl (C=O) groups is 1. The van der Waals surface area contributed by atoms with Crippen LogP contribution in [0, 0.1) is 13.8 Å². The normalized spacial score (nSPS) is 10.7. The molecular formula is C21H25NO3. The monoisotopic (exact) mass is 339 g/mol. The predicted octanol–water partition coefficient (Wildman–Crippen LogP) is 4.75. The minimum absolute atomic E-state index is 0.171. The van der Waals surface area contributed by atoms with Gasteiger partial charge in [0.1, 0.15) is 0 Å². The highest BCUT2D eigenvalue weighted by atomic mass is 16.5. The fraction of sp³-hybridized carbons (Fsp3) is 0.286. The SMILES string of the molecule is CCOc1ccc(/C=C/C(=O)Nc2ccc(C)c(C)c2)cc1OCC. The molecule has 1 amide bonds. The Morgan fingerprint density at radius 1 is 0.960 bits per heavy atom. The van der Waals surface area contributed by atoms with E-state index in [-0.39, 0.29) is 5.91 Å². The number of aryl methyl sites for hydroxylation is 2. The van der Waals surface area contributed by atoms with Crippen LogP contribution in [0.1, 0.15) is 30.5 Å². The van der Waals surface area contributed by atoms with E-state index in [4.69, 9.17) is 9.47 Å². The molecule has 0 aromatic heterocycles. The molecule has 0 saturated carbocycles. The zero-order valence-electron chi connectivity index (χ0n) is 15.3. The lowest BCUT2D eigenvalue weighted by atomic mass is 10.1. The average molecular weight is 339 g/mol. The summed E-state index contributed by atoms with van der Waals surface area (Å²) in [7, 11) is 0. The summed E-state index contributed by atoms with van der Waals surface area (Å²) in [4.78, 5) is 12.1. The van der Waals surface area contributed by atoms with Crippen LogP contribution in [0.15, 0.2) is 42.5 Å². The number of benzene rings is 2. The Morgan fingerprint density at radius 2 is 1.68 bits per heavy atom. The first-order valence-electron chi connectivity index (χ1n) is 8.49. The van der Waals surface area contributed by atoms with Crippen LogP contribution in [-0.2, 0) is 4.79 Å². The van der Waals surface area contributed by atoms with E-state index >= 15 is 0 Å². The van der Waals surface area contributed by atoms with Crippen LogP contribution in [0.2, 0.25) is 0 Å². The van der Waals surface area contributed by atoms with Crippen molar-refractivity contribution >= 4 is 17.7 Å². The Balaban J connectivity index is 2.08. The third kappa shape index (κ3) is 5.38. The van der Waals surface area contributed by atoms with Gasteiger partial charge in [-0.25, -0.2) is 0 Å². The number of rotatable bonds is 7. The van der Waals surface area contributed by atoms with Gasteiger partial charge < -0.3 is 14.8 Å². The molecule has 1 N–H and O–H groups in total. The molecule has 0 fully saturated rings. The lowest BCUT2D eigenvalue weighted by molar-refractivity contribution is -0.111. The van der Waals surface area contributed by atoms with Gasteiger partial charge in [-0.2, -0.15) is 0 Å². The van der Waals surface area contributed by atoms with Crippen molar-refractivity contribution in [2.24, 2.45) is 0 Å². The molecule has 0 heterocycles. The summed E-state index contributed by atoms with van der Waals surface area (Å²) in [5.41, 5.74) is 4.02. The van der Waals surface area contributed by atoms with Crippen LogP contribution in [0.5, 0.6) is 11.5 Å². The van der Waals surface area contributed by atoms with Crippen LogP contribution in [0.3, 0.4) is 0 Å². The molecule has 0 aliphatic rings. The Hall–Kier alpha value is -2.75. The first-order chi connectivity index (χ1) is 12.0. The maximum absolute atomic E-state index is 12.1. The fourth-order valence-corrected chi connectivity index (χ4v) is 2.35. The predicted molar refractivity (Wildman–Crippen MR) is 102 cm³/mol. The molecule has 25 heavy (non-hydrogen) atoms. The van der Waals surface area contributed by atoms with Crippen molar-refractivity contribution in [1.82, 2.24) is 0 Å². The minimum Gasteiger partial charge on any atom is -0.490 e. The van der Waals surface area contributed by atoms with E-state index in [0.717, 1.165) is 16.8 Å². The summed E-state index contributed by atoms with van der Waals surface area (Å²) in [6, 6.07) is 11.5. The van der Waals surface area contributed by atoms with E-state index in [9.17, 15) is 4.79 Å². The van der Waals surface area contributed by atoms with E-state index < -0.39 is 0 Å². The van der Waals surface area contributed by atoms with Crippen LogP contribution < -0.4 is 14.8 Å². The van der Waals surface area contributed by atoms with Gasteiger partial charge in [0.05, 0.1) is 13.2 Å². The summed E-state index contributed by atoms with van der Waals surface area (Å²) in [5, 5.41) is 2.87. The molecule has 2 aromatic rings. The lowest BCUT2D eigenvalue weighted by Crippen LogP contribution is -2.07. The van der Waals surface area contributed by atoms with Gasteiger partial charge in [-0.05, 0) is 74.7 Å². The van der Waals surface area contributed by atoms with Gasteiger partial charge in [-0.1, -0.05) is 12.1 Å². The quantitative estimate of drug-likeness (QED) is 0.740. The molecule has 0 unspecified atom stereocenters. The maximum Gasteiger partial charge on any atom is 0.248 e. The molecule has 2 aromatic carbocycles. The van der Waals surface area contributed by atoms with Gasteiger partial charge in [0.15, 0.2) is 11.5 Å². The zero-order chi connectivity index (χ0) is 18.2. The largest absolute Gasteiger partial charge is 0.490 e. The van der Waals surface area contributed by atoms with Gasteiger partial charge in [0, 0.05) is 11.8 Å². The van der Waals surface area contributed by atoms with Crippen molar-refractivity contribution in [1.29, 1.82) is 0 Å². The number of hydrogen-bond acceptors (Lipinski definition) is 3. The molecule has 4 nitrogen and oxygen atoms in total. The second-order valence-electron chi connectivity index (χ2n) is 5.69. The number of amides is 1. The van der Waals surface area contributed by atoms with Crippen molar-refractivity contribution < 1.29 is 14.3 Å². The Labute approximate surface area is 149 Å². The molecule has 0 aliphatic carbocycles. The average Bonchev–Trinajstić information content (AvgIpc) is 2.59. The van der Waals surface area contributed by atoms with Crippen LogP contribution in [0.4, 0.5) is 5.69 Å². The van der Waals surface area contributed by atoms with Crippen LogP contribution in [-0.4, -0.2) is 19.1 Å². The number of hydrogen-bond donors (Lipinski definition) is 1. The topological polar surface area (TPSA) is 47.6 Å². The Kier molecular flexibility index (Phi) is 6.63. The van der Waals surface area contributed by atoms with Crippen molar-refractivity contribution in [2.75, 3.05) is 18.5 Å². The summed E-state index contributed by atoms with van der Waals surface area (Å²) in [5.74, 6) is 1.22. The number of anilines is 1. The van der Waals surface area contributed by atoms with E-state index in [2.05, 4.69) is 5.32 Å². The summed E-state index contributed by atoms with van der Waals surface area (Å²) in [6.07, 6.45) is 3.27. The van der Waals surface area contributed by atoms with Gasteiger partial charge in [0.25, 0.3) is 0 Å². The van der Waals surface area contributed by atoms with E-state index in [1.807, 2.05) is 64.1 Å². The molecule has 4 heteroatoms. The lowest BCUT2D eigenvalue weighted by Gasteiger charge is -2.11. The van der Waals surface area contributed by atoms with Gasteiger partial charge >= 0.3 is 0 Å². The Morgan fingerprint density at radius 3 is 2.36 bits per heavy atom. The smallest absolute Gasteiger partial charge is 0.248 e. The number of nitrogens with one attached hydrogen (secondary N) is 1. The molecule has 0 spiro atoms. The standard InChI is InChI=1S/C21H25NO3/c1-5-24-19-11-8-17(14-20(19)25-6-2)9-12-21(23)22-18-10-7-15(3)16(4)13-18/h7-14H,5-6H2,1-4H3,(H,22,23)/b12-9+.